The summed E-state index contributed by atoms with van der Waals surface area (Å²) in [7, 11) is 0. The SMILES string of the molecule is Cc1ccc([C@H](C)NCc2ccc(Cl)cc2)cc1. The summed E-state index contributed by atoms with van der Waals surface area (Å²) in [6, 6.07) is 17.0. The van der Waals surface area contributed by atoms with Crippen molar-refractivity contribution in [2.75, 3.05) is 0 Å². The minimum Gasteiger partial charge on any atom is -0.306 e. The van der Waals surface area contributed by atoms with Crippen molar-refractivity contribution in [3.05, 3.63) is 70.2 Å². The summed E-state index contributed by atoms with van der Waals surface area (Å²) < 4.78 is 0. The summed E-state index contributed by atoms with van der Waals surface area (Å²) in [5.41, 5.74) is 3.86. The summed E-state index contributed by atoms with van der Waals surface area (Å²) in [4.78, 5) is 0. The molecule has 94 valence electrons. The van der Waals surface area contributed by atoms with Gasteiger partial charge >= 0.3 is 0 Å². The van der Waals surface area contributed by atoms with Gasteiger partial charge in [0.05, 0.1) is 0 Å². The summed E-state index contributed by atoms with van der Waals surface area (Å²) in [5.74, 6) is 0. The minimum absolute atomic E-state index is 0.348. The lowest BCUT2D eigenvalue weighted by atomic mass is 10.1. The molecule has 0 unspecified atom stereocenters. The van der Waals surface area contributed by atoms with Crippen LogP contribution in [0.1, 0.15) is 29.7 Å². The fourth-order valence-electron chi connectivity index (χ4n) is 1.85. The largest absolute Gasteiger partial charge is 0.306 e. The molecule has 0 spiro atoms. The second kappa shape index (κ2) is 6.03. The van der Waals surface area contributed by atoms with E-state index in [1.165, 1.54) is 16.7 Å². The Morgan fingerprint density at radius 1 is 1.00 bits per heavy atom. The van der Waals surface area contributed by atoms with E-state index < -0.39 is 0 Å². The molecular formula is C16H18ClN. The van der Waals surface area contributed by atoms with Gasteiger partial charge in [0.15, 0.2) is 0 Å². The molecule has 18 heavy (non-hydrogen) atoms. The number of rotatable bonds is 4. The highest BCUT2D eigenvalue weighted by Gasteiger charge is 2.04. The molecule has 0 bridgehead atoms. The number of benzene rings is 2. The Hall–Kier alpha value is -1.31. The van der Waals surface area contributed by atoms with Gasteiger partial charge in [-0.05, 0) is 37.1 Å². The van der Waals surface area contributed by atoms with Crippen molar-refractivity contribution in [3.63, 3.8) is 0 Å². The van der Waals surface area contributed by atoms with Crippen LogP contribution >= 0.6 is 11.6 Å². The lowest BCUT2D eigenvalue weighted by Gasteiger charge is -2.14. The van der Waals surface area contributed by atoms with Gasteiger partial charge in [-0.2, -0.15) is 0 Å². The van der Waals surface area contributed by atoms with Gasteiger partial charge in [0.25, 0.3) is 0 Å². The van der Waals surface area contributed by atoms with Gasteiger partial charge in [0.1, 0.15) is 0 Å². The molecule has 0 radical (unpaired) electrons. The van der Waals surface area contributed by atoms with Crippen molar-refractivity contribution >= 4 is 11.6 Å². The van der Waals surface area contributed by atoms with Crippen LogP contribution in [0.25, 0.3) is 0 Å². The third kappa shape index (κ3) is 3.59. The topological polar surface area (TPSA) is 12.0 Å². The molecule has 2 rings (SSSR count). The zero-order valence-corrected chi connectivity index (χ0v) is 11.5. The van der Waals surface area contributed by atoms with Crippen LogP contribution in [0.5, 0.6) is 0 Å². The Morgan fingerprint density at radius 2 is 1.61 bits per heavy atom. The number of hydrogen-bond donors (Lipinski definition) is 1. The van der Waals surface area contributed by atoms with Crippen LogP contribution in [0.2, 0.25) is 5.02 Å². The van der Waals surface area contributed by atoms with E-state index in [9.17, 15) is 0 Å². The molecule has 0 heterocycles. The second-order valence-corrected chi connectivity index (χ2v) is 5.08. The lowest BCUT2D eigenvalue weighted by molar-refractivity contribution is 0.574. The van der Waals surface area contributed by atoms with Crippen LogP contribution in [0.3, 0.4) is 0 Å². The van der Waals surface area contributed by atoms with E-state index in [4.69, 9.17) is 11.6 Å². The maximum absolute atomic E-state index is 5.86. The first-order valence-electron chi connectivity index (χ1n) is 6.19. The van der Waals surface area contributed by atoms with Crippen molar-refractivity contribution in [1.29, 1.82) is 0 Å². The summed E-state index contributed by atoms with van der Waals surface area (Å²) in [6.07, 6.45) is 0. The lowest BCUT2D eigenvalue weighted by Crippen LogP contribution is -2.17. The third-order valence-corrected chi connectivity index (χ3v) is 3.35. The molecule has 2 aromatic carbocycles. The maximum atomic E-state index is 5.86. The fourth-order valence-corrected chi connectivity index (χ4v) is 1.97. The van der Waals surface area contributed by atoms with Crippen LogP contribution in [0, 0.1) is 6.92 Å². The Labute approximate surface area is 114 Å². The molecule has 0 saturated heterocycles. The van der Waals surface area contributed by atoms with E-state index in [0.717, 1.165) is 11.6 Å². The zero-order chi connectivity index (χ0) is 13.0. The quantitative estimate of drug-likeness (QED) is 0.853. The first-order valence-corrected chi connectivity index (χ1v) is 6.57. The summed E-state index contributed by atoms with van der Waals surface area (Å²) in [5, 5.41) is 4.29. The van der Waals surface area contributed by atoms with E-state index in [1.807, 2.05) is 12.1 Å². The molecule has 0 saturated carbocycles. The predicted molar refractivity (Wildman–Crippen MR) is 77.9 cm³/mol. The average molecular weight is 260 g/mol. The van der Waals surface area contributed by atoms with Crippen LogP contribution in [-0.4, -0.2) is 0 Å². The van der Waals surface area contributed by atoms with Crippen LogP contribution in [-0.2, 0) is 6.54 Å². The first kappa shape index (κ1) is 13.1. The van der Waals surface area contributed by atoms with E-state index >= 15 is 0 Å². The van der Waals surface area contributed by atoms with Crippen molar-refractivity contribution in [3.8, 4) is 0 Å². The number of hydrogen-bond acceptors (Lipinski definition) is 1. The molecule has 0 aliphatic heterocycles. The fraction of sp³-hybridized carbons (Fsp3) is 0.250. The molecule has 0 aromatic heterocycles. The van der Waals surface area contributed by atoms with Gasteiger partial charge in [-0.1, -0.05) is 53.6 Å². The second-order valence-electron chi connectivity index (χ2n) is 4.64. The van der Waals surface area contributed by atoms with E-state index in [0.29, 0.717) is 6.04 Å². The smallest absolute Gasteiger partial charge is 0.0406 e. The highest BCUT2D eigenvalue weighted by molar-refractivity contribution is 6.30. The standard InChI is InChI=1S/C16H18ClN/c1-12-3-7-15(8-4-12)13(2)18-11-14-5-9-16(17)10-6-14/h3-10,13,18H,11H2,1-2H3/t13-/m0/s1. The molecule has 0 fully saturated rings. The Balaban J connectivity index is 1.93. The van der Waals surface area contributed by atoms with Gasteiger partial charge in [-0.15, -0.1) is 0 Å². The third-order valence-electron chi connectivity index (χ3n) is 3.10. The minimum atomic E-state index is 0.348. The van der Waals surface area contributed by atoms with Crippen LogP contribution in [0.15, 0.2) is 48.5 Å². The molecule has 0 amide bonds. The first-order chi connectivity index (χ1) is 8.65. The average Bonchev–Trinajstić information content (AvgIpc) is 2.38. The van der Waals surface area contributed by atoms with E-state index in [2.05, 4.69) is 55.6 Å². The Morgan fingerprint density at radius 3 is 2.22 bits per heavy atom. The van der Waals surface area contributed by atoms with Crippen molar-refractivity contribution in [2.45, 2.75) is 26.4 Å². The summed E-state index contributed by atoms with van der Waals surface area (Å²) in [6.45, 7) is 5.14. The highest BCUT2D eigenvalue weighted by atomic mass is 35.5. The zero-order valence-electron chi connectivity index (χ0n) is 10.8. The predicted octanol–water partition coefficient (Wildman–Crippen LogP) is 4.50. The summed E-state index contributed by atoms with van der Waals surface area (Å²) >= 11 is 5.86. The number of nitrogens with one attached hydrogen (secondary N) is 1. The Bertz CT molecular complexity index is 488. The number of halogens is 1. The molecule has 1 N–H and O–H groups in total. The van der Waals surface area contributed by atoms with E-state index in [-0.39, 0.29) is 0 Å². The van der Waals surface area contributed by atoms with E-state index in [1.54, 1.807) is 0 Å². The monoisotopic (exact) mass is 259 g/mol. The molecule has 1 nitrogen and oxygen atoms in total. The van der Waals surface area contributed by atoms with Gasteiger partial charge in [-0.3, -0.25) is 0 Å². The highest BCUT2D eigenvalue weighted by Crippen LogP contribution is 2.15. The van der Waals surface area contributed by atoms with Crippen molar-refractivity contribution in [2.24, 2.45) is 0 Å². The molecule has 1 atom stereocenters. The van der Waals surface area contributed by atoms with Gasteiger partial charge in [0, 0.05) is 17.6 Å². The molecule has 2 aromatic rings. The van der Waals surface area contributed by atoms with Gasteiger partial charge in [0.2, 0.25) is 0 Å². The molecular weight excluding hydrogens is 242 g/mol. The Kier molecular flexibility index (Phi) is 4.40. The van der Waals surface area contributed by atoms with Crippen molar-refractivity contribution < 1.29 is 0 Å². The number of aryl methyl sites for hydroxylation is 1. The molecule has 0 aliphatic carbocycles. The van der Waals surface area contributed by atoms with Crippen molar-refractivity contribution in [1.82, 2.24) is 5.32 Å². The van der Waals surface area contributed by atoms with Crippen LogP contribution < -0.4 is 5.32 Å². The van der Waals surface area contributed by atoms with Crippen LogP contribution in [0.4, 0.5) is 0 Å². The molecule has 0 aliphatic rings. The van der Waals surface area contributed by atoms with Gasteiger partial charge in [-0.25, -0.2) is 0 Å². The normalized spacial score (nSPS) is 12.4. The maximum Gasteiger partial charge on any atom is 0.0406 e. The molecule has 2 heteroatoms. The van der Waals surface area contributed by atoms with Gasteiger partial charge < -0.3 is 5.32 Å².